The summed E-state index contributed by atoms with van der Waals surface area (Å²) in [5.41, 5.74) is 0. The van der Waals surface area contributed by atoms with E-state index in [4.69, 9.17) is 5.11 Å². The fraction of sp³-hybridized carbons (Fsp3) is 0.571. The summed E-state index contributed by atoms with van der Waals surface area (Å²) in [4.78, 5) is 10.1. The van der Waals surface area contributed by atoms with Crippen LogP contribution in [-0.2, 0) is 0 Å². The van der Waals surface area contributed by atoms with Crippen molar-refractivity contribution in [3.63, 3.8) is 0 Å². The highest BCUT2D eigenvalue weighted by Gasteiger charge is 2.08. The van der Waals surface area contributed by atoms with Gasteiger partial charge in [0.15, 0.2) is 0 Å². The molecule has 2 rings (SSSR count). The van der Waals surface area contributed by atoms with Crippen molar-refractivity contribution in [1.82, 2.24) is 9.97 Å². The minimum Gasteiger partial charge on any atom is -0.396 e. The first-order chi connectivity index (χ1) is 10.3. The maximum absolute atomic E-state index is 8.75. The normalized spacial score (nSPS) is 11.0. The molecule has 2 aromatic rings. The average Bonchev–Trinajstić information content (AvgIpc) is 2.97. The Morgan fingerprint density at radius 1 is 1.24 bits per heavy atom. The molecule has 0 spiro atoms. The molecule has 0 radical (unpaired) electrons. The van der Waals surface area contributed by atoms with Gasteiger partial charge in [-0.2, -0.15) is 16.7 Å². The van der Waals surface area contributed by atoms with E-state index in [9.17, 15) is 0 Å². The molecule has 5 nitrogen and oxygen atoms in total. The SMILES string of the molecule is CCCNc1nc(NCCSCCCO)c2ccsc2n1. The summed E-state index contributed by atoms with van der Waals surface area (Å²) in [5, 5.41) is 18.5. The van der Waals surface area contributed by atoms with E-state index in [-0.39, 0.29) is 6.61 Å². The molecule has 0 aliphatic rings. The van der Waals surface area contributed by atoms with Gasteiger partial charge < -0.3 is 15.7 Å². The summed E-state index contributed by atoms with van der Waals surface area (Å²) in [7, 11) is 0. The Hall–Kier alpha value is -1.05. The maximum atomic E-state index is 8.75. The Morgan fingerprint density at radius 2 is 2.14 bits per heavy atom. The second-order valence-electron chi connectivity index (χ2n) is 4.58. The van der Waals surface area contributed by atoms with Crippen LogP contribution in [0.15, 0.2) is 11.4 Å². The van der Waals surface area contributed by atoms with Crippen molar-refractivity contribution < 1.29 is 5.11 Å². The van der Waals surface area contributed by atoms with Gasteiger partial charge in [0.25, 0.3) is 0 Å². The third kappa shape index (κ3) is 5.01. The molecule has 0 atom stereocenters. The van der Waals surface area contributed by atoms with Crippen molar-refractivity contribution in [2.45, 2.75) is 19.8 Å². The first-order valence-corrected chi connectivity index (χ1v) is 9.30. The van der Waals surface area contributed by atoms with Gasteiger partial charge in [0.2, 0.25) is 5.95 Å². The van der Waals surface area contributed by atoms with Crippen LogP contribution in [0, 0.1) is 0 Å². The van der Waals surface area contributed by atoms with Crippen LogP contribution < -0.4 is 10.6 Å². The lowest BCUT2D eigenvalue weighted by molar-refractivity contribution is 0.296. The van der Waals surface area contributed by atoms with Crippen molar-refractivity contribution in [2.75, 3.05) is 41.8 Å². The van der Waals surface area contributed by atoms with Crippen molar-refractivity contribution in [2.24, 2.45) is 0 Å². The van der Waals surface area contributed by atoms with Crippen LogP contribution >= 0.6 is 23.1 Å². The first kappa shape index (κ1) is 16.3. The maximum Gasteiger partial charge on any atom is 0.226 e. The number of rotatable bonds is 10. The molecular weight excluding hydrogens is 304 g/mol. The highest BCUT2D eigenvalue weighted by atomic mass is 32.2. The molecule has 0 aliphatic heterocycles. The minimum atomic E-state index is 0.272. The predicted octanol–water partition coefficient (Wildman–Crippen LogP) is 3.04. The predicted molar refractivity (Wildman–Crippen MR) is 93.7 cm³/mol. The molecule has 0 unspecified atom stereocenters. The van der Waals surface area contributed by atoms with Gasteiger partial charge in [0.1, 0.15) is 10.6 Å². The van der Waals surface area contributed by atoms with E-state index in [0.29, 0.717) is 5.95 Å². The molecule has 0 saturated carbocycles. The smallest absolute Gasteiger partial charge is 0.226 e. The number of aromatic nitrogens is 2. The standard InChI is InChI=1S/C14H22N4OS2/c1-2-5-16-14-17-12(11-4-9-21-13(11)18-14)15-6-10-20-8-3-7-19/h4,9,19H,2-3,5-8,10H2,1H3,(H2,15,16,17,18). The minimum absolute atomic E-state index is 0.272. The summed E-state index contributed by atoms with van der Waals surface area (Å²) in [5.74, 6) is 3.61. The lowest BCUT2D eigenvalue weighted by Crippen LogP contribution is -2.10. The molecule has 116 valence electrons. The van der Waals surface area contributed by atoms with E-state index in [1.54, 1.807) is 11.3 Å². The summed E-state index contributed by atoms with van der Waals surface area (Å²) < 4.78 is 0. The van der Waals surface area contributed by atoms with Crippen molar-refractivity contribution in [1.29, 1.82) is 0 Å². The zero-order valence-corrected chi connectivity index (χ0v) is 13.9. The van der Waals surface area contributed by atoms with Gasteiger partial charge in [-0.05, 0) is 30.0 Å². The number of hydrogen-bond donors (Lipinski definition) is 3. The zero-order chi connectivity index (χ0) is 14.9. The first-order valence-electron chi connectivity index (χ1n) is 7.26. The van der Waals surface area contributed by atoms with E-state index < -0.39 is 0 Å². The van der Waals surface area contributed by atoms with E-state index in [2.05, 4.69) is 33.6 Å². The Labute approximate surface area is 133 Å². The number of aliphatic hydroxyl groups excluding tert-OH is 1. The van der Waals surface area contributed by atoms with Crippen molar-refractivity contribution in [3.8, 4) is 0 Å². The highest BCUT2D eigenvalue weighted by molar-refractivity contribution is 7.99. The number of hydrogen-bond acceptors (Lipinski definition) is 7. The zero-order valence-electron chi connectivity index (χ0n) is 12.3. The van der Waals surface area contributed by atoms with Gasteiger partial charge in [-0.1, -0.05) is 6.92 Å². The van der Waals surface area contributed by atoms with Crippen LogP contribution in [0.1, 0.15) is 19.8 Å². The van der Waals surface area contributed by atoms with Gasteiger partial charge in [-0.15, -0.1) is 11.3 Å². The molecule has 0 aliphatic carbocycles. The van der Waals surface area contributed by atoms with E-state index >= 15 is 0 Å². The Morgan fingerprint density at radius 3 is 2.95 bits per heavy atom. The molecule has 7 heteroatoms. The van der Waals surface area contributed by atoms with Gasteiger partial charge in [-0.3, -0.25) is 0 Å². The largest absolute Gasteiger partial charge is 0.396 e. The van der Waals surface area contributed by atoms with Crippen LogP contribution in [0.5, 0.6) is 0 Å². The fourth-order valence-corrected chi connectivity index (χ4v) is 3.36. The number of thioether (sulfide) groups is 1. The summed E-state index contributed by atoms with van der Waals surface area (Å²) >= 11 is 3.48. The van der Waals surface area contributed by atoms with Gasteiger partial charge in [0, 0.05) is 25.4 Å². The van der Waals surface area contributed by atoms with Crippen LogP contribution in [0.2, 0.25) is 0 Å². The van der Waals surface area contributed by atoms with Crippen LogP contribution in [-0.4, -0.2) is 46.3 Å². The summed E-state index contributed by atoms with van der Waals surface area (Å²) in [6, 6.07) is 2.06. The van der Waals surface area contributed by atoms with Crippen LogP contribution in [0.3, 0.4) is 0 Å². The second-order valence-corrected chi connectivity index (χ2v) is 6.70. The van der Waals surface area contributed by atoms with Crippen molar-refractivity contribution in [3.05, 3.63) is 11.4 Å². The number of fused-ring (bicyclic) bond motifs is 1. The fourth-order valence-electron chi connectivity index (χ4n) is 1.82. The number of nitrogens with one attached hydrogen (secondary N) is 2. The van der Waals surface area contributed by atoms with Crippen LogP contribution in [0.25, 0.3) is 10.2 Å². The second kappa shape index (κ2) is 9.07. The molecule has 0 fully saturated rings. The number of nitrogens with zero attached hydrogens (tertiary/aromatic N) is 2. The lowest BCUT2D eigenvalue weighted by atomic mass is 10.4. The molecule has 21 heavy (non-hydrogen) atoms. The van der Waals surface area contributed by atoms with E-state index in [0.717, 1.165) is 53.5 Å². The monoisotopic (exact) mass is 326 g/mol. The van der Waals surface area contributed by atoms with E-state index in [1.807, 2.05) is 17.1 Å². The topological polar surface area (TPSA) is 70.1 Å². The molecule has 0 aromatic carbocycles. The lowest BCUT2D eigenvalue weighted by Gasteiger charge is -2.09. The third-order valence-corrected chi connectivity index (χ3v) is 4.72. The number of anilines is 2. The highest BCUT2D eigenvalue weighted by Crippen LogP contribution is 2.26. The van der Waals surface area contributed by atoms with Gasteiger partial charge in [-0.25, -0.2) is 4.98 Å². The van der Waals surface area contributed by atoms with Crippen molar-refractivity contribution >= 4 is 45.1 Å². The molecule has 2 aromatic heterocycles. The molecular formula is C14H22N4OS2. The Kier molecular flexibility index (Phi) is 7.05. The van der Waals surface area contributed by atoms with Crippen LogP contribution in [0.4, 0.5) is 11.8 Å². The molecule has 0 amide bonds. The van der Waals surface area contributed by atoms with E-state index in [1.165, 1.54) is 0 Å². The third-order valence-electron chi connectivity index (χ3n) is 2.84. The number of aliphatic hydroxyl groups is 1. The van der Waals surface area contributed by atoms with Gasteiger partial charge >= 0.3 is 0 Å². The Bertz CT molecular complexity index is 547. The average molecular weight is 326 g/mol. The molecule has 0 saturated heterocycles. The number of thiophene rings is 1. The summed E-state index contributed by atoms with van der Waals surface area (Å²) in [6.45, 7) is 4.15. The molecule has 0 bridgehead atoms. The van der Waals surface area contributed by atoms with Gasteiger partial charge in [0.05, 0.1) is 5.39 Å². The Balaban J connectivity index is 1.95. The molecule has 2 heterocycles. The quantitative estimate of drug-likeness (QED) is 0.583. The summed E-state index contributed by atoms with van der Waals surface area (Å²) in [6.07, 6.45) is 1.91. The molecule has 3 N–H and O–H groups in total.